The average Bonchev–Trinajstić information content (AvgIpc) is 3.49. The van der Waals surface area contributed by atoms with Gasteiger partial charge < -0.3 is 9.84 Å². The Balaban J connectivity index is 1.43. The molecule has 3 aromatic rings. The van der Waals surface area contributed by atoms with Crippen LogP contribution in [0.15, 0.2) is 41.6 Å². The van der Waals surface area contributed by atoms with E-state index in [4.69, 9.17) is 4.74 Å². The molecule has 0 spiro atoms. The molecule has 0 bridgehead atoms. The van der Waals surface area contributed by atoms with Crippen molar-refractivity contribution in [1.29, 1.82) is 0 Å². The lowest BCUT2D eigenvalue weighted by molar-refractivity contribution is 0.125. The second kappa shape index (κ2) is 8.78. The molecule has 158 valence electrons. The number of aromatic nitrogens is 3. The van der Waals surface area contributed by atoms with Crippen LogP contribution < -0.4 is 4.74 Å². The molecule has 1 atom stereocenters. The number of ether oxygens (including phenoxy) is 1. The second-order valence-corrected chi connectivity index (χ2v) is 8.80. The van der Waals surface area contributed by atoms with Gasteiger partial charge in [-0.15, -0.1) is 10.2 Å². The maximum atomic E-state index is 14.3. The minimum absolute atomic E-state index is 0.204. The smallest absolute Gasteiger partial charge is 0.191 e. The maximum Gasteiger partial charge on any atom is 0.191 e. The topological polar surface area (TPSA) is 60.2 Å². The van der Waals surface area contributed by atoms with Gasteiger partial charge in [0.1, 0.15) is 18.2 Å². The predicted octanol–water partition coefficient (Wildman–Crippen LogP) is 4.88. The molecular formula is C23H26FN3O2S. The first-order valence-corrected chi connectivity index (χ1v) is 11.1. The number of benzene rings is 2. The number of halogens is 1. The van der Waals surface area contributed by atoms with Crippen LogP contribution in [0, 0.1) is 26.6 Å². The first-order valence-electron chi connectivity index (χ1n) is 10.2. The highest BCUT2D eigenvalue weighted by Crippen LogP contribution is 2.41. The molecule has 5 nitrogen and oxygen atoms in total. The Kier molecular flexibility index (Phi) is 6.11. The summed E-state index contributed by atoms with van der Waals surface area (Å²) in [5.74, 6) is 1.50. The largest absolute Gasteiger partial charge is 0.490 e. The number of aliphatic hydroxyl groups is 1. The Morgan fingerprint density at radius 2 is 1.87 bits per heavy atom. The van der Waals surface area contributed by atoms with Crippen LogP contribution in [0.3, 0.4) is 0 Å². The fraction of sp³-hybridized carbons (Fsp3) is 0.391. The molecule has 7 heteroatoms. The van der Waals surface area contributed by atoms with Gasteiger partial charge in [-0.05, 0) is 62.4 Å². The molecule has 4 rings (SSSR count). The molecule has 30 heavy (non-hydrogen) atoms. The van der Waals surface area contributed by atoms with E-state index in [-0.39, 0.29) is 12.4 Å². The zero-order valence-electron chi connectivity index (χ0n) is 17.4. The molecule has 1 N–H and O–H groups in total. The third-order valence-corrected chi connectivity index (χ3v) is 6.48. The quantitative estimate of drug-likeness (QED) is 0.520. The van der Waals surface area contributed by atoms with Crippen molar-refractivity contribution in [2.24, 2.45) is 0 Å². The minimum Gasteiger partial charge on any atom is -0.490 e. The average molecular weight is 428 g/mol. The van der Waals surface area contributed by atoms with Gasteiger partial charge in [-0.2, -0.15) is 0 Å². The first kappa shape index (κ1) is 20.9. The number of aliphatic hydroxyl groups excluding tert-OH is 1. The Labute approximate surface area is 180 Å². The zero-order valence-corrected chi connectivity index (χ0v) is 18.2. The highest BCUT2D eigenvalue weighted by Gasteiger charge is 2.31. The van der Waals surface area contributed by atoms with E-state index in [1.807, 2.05) is 31.4 Å². The van der Waals surface area contributed by atoms with E-state index < -0.39 is 6.10 Å². The molecule has 1 fully saturated rings. The van der Waals surface area contributed by atoms with E-state index in [0.717, 1.165) is 35.3 Å². The van der Waals surface area contributed by atoms with Crippen molar-refractivity contribution < 1.29 is 14.2 Å². The van der Waals surface area contributed by atoms with Crippen LogP contribution in [0.2, 0.25) is 0 Å². The molecule has 1 aliphatic rings. The number of rotatable bonds is 8. The van der Waals surface area contributed by atoms with Gasteiger partial charge >= 0.3 is 0 Å². The Morgan fingerprint density at radius 3 is 2.60 bits per heavy atom. The monoisotopic (exact) mass is 427 g/mol. The van der Waals surface area contributed by atoms with Crippen molar-refractivity contribution in [2.75, 3.05) is 12.4 Å². The third-order valence-electron chi connectivity index (χ3n) is 5.39. The number of nitrogens with zero attached hydrogens (tertiary/aromatic N) is 3. The van der Waals surface area contributed by atoms with Crippen molar-refractivity contribution in [1.82, 2.24) is 14.8 Å². The SMILES string of the molecule is Cc1ccc(C)c(OC[C@@H](O)CSc2nnc(-c3ccccc3F)n2C2CC2)c1C. The Hall–Kier alpha value is -2.38. The van der Waals surface area contributed by atoms with Crippen LogP contribution in [-0.2, 0) is 0 Å². The van der Waals surface area contributed by atoms with Crippen LogP contribution >= 0.6 is 11.8 Å². The van der Waals surface area contributed by atoms with Crippen LogP contribution in [0.4, 0.5) is 4.39 Å². The lowest BCUT2D eigenvalue weighted by atomic mass is 10.1. The van der Waals surface area contributed by atoms with E-state index in [2.05, 4.69) is 16.3 Å². The predicted molar refractivity (Wildman–Crippen MR) is 117 cm³/mol. The van der Waals surface area contributed by atoms with Gasteiger partial charge in [-0.1, -0.05) is 36.0 Å². The van der Waals surface area contributed by atoms with Crippen molar-refractivity contribution in [2.45, 2.75) is 50.9 Å². The minimum atomic E-state index is -0.657. The summed E-state index contributed by atoms with van der Waals surface area (Å²) < 4.78 is 22.2. The lowest BCUT2D eigenvalue weighted by Gasteiger charge is -2.17. The molecular weight excluding hydrogens is 401 g/mol. The van der Waals surface area contributed by atoms with Crippen LogP contribution in [0.25, 0.3) is 11.4 Å². The zero-order chi connectivity index (χ0) is 21.3. The fourth-order valence-electron chi connectivity index (χ4n) is 3.41. The summed E-state index contributed by atoms with van der Waals surface area (Å²) in [6.45, 7) is 6.29. The van der Waals surface area contributed by atoms with E-state index in [0.29, 0.717) is 28.3 Å². The number of thioether (sulfide) groups is 1. The third kappa shape index (κ3) is 4.37. The van der Waals surface area contributed by atoms with Crippen molar-refractivity contribution in [3.63, 3.8) is 0 Å². The van der Waals surface area contributed by atoms with E-state index >= 15 is 0 Å². The van der Waals surface area contributed by atoms with E-state index in [9.17, 15) is 9.50 Å². The molecule has 0 unspecified atom stereocenters. The van der Waals surface area contributed by atoms with Gasteiger partial charge in [0.2, 0.25) is 0 Å². The summed E-state index contributed by atoms with van der Waals surface area (Å²) in [7, 11) is 0. The normalized spacial score (nSPS) is 14.7. The summed E-state index contributed by atoms with van der Waals surface area (Å²) >= 11 is 1.43. The van der Waals surface area contributed by atoms with Crippen molar-refractivity contribution in [3.8, 4) is 17.1 Å². The van der Waals surface area contributed by atoms with Gasteiger partial charge in [0.25, 0.3) is 0 Å². The molecule has 0 radical (unpaired) electrons. The summed E-state index contributed by atoms with van der Waals surface area (Å²) in [4.78, 5) is 0. The Bertz CT molecular complexity index is 1050. The molecule has 1 aliphatic carbocycles. The Morgan fingerprint density at radius 1 is 1.13 bits per heavy atom. The molecule has 0 amide bonds. The molecule has 0 saturated heterocycles. The lowest BCUT2D eigenvalue weighted by Crippen LogP contribution is -2.21. The van der Waals surface area contributed by atoms with Gasteiger partial charge in [-0.25, -0.2) is 4.39 Å². The standard InChI is InChI=1S/C23H26FN3O2S/c1-14-8-9-15(2)21(16(14)3)29-12-18(28)13-30-23-26-25-22(27(23)17-10-11-17)19-6-4-5-7-20(19)24/h4-9,17-18,28H,10-13H2,1-3H3/t18-/m1/s1. The first-order chi connectivity index (χ1) is 14.5. The number of aryl methyl sites for hydroxylation is 2. The van der Waals surface area contributed by atoms with Crippen molar-refractivity contribution in [3.05, 3.63) is 58.9 Å². The summed E-state index contributed by atoms with van der Waals surface area (Å²) in [5, 5.41) is 19.7. The van der Waals surface area contributed by atoms with Gasteiger partial charge in [0, 0.05) is 11.8 Å². The summed E-state index contributed by atoms with van der Waals surface area (Å²) in [5.41, 5.74) is 3.77. The van der Waals surface area contributed by atoms with Crippen molar-refractivity contribution >= 4 is 11.8 Å². The molecule has 1 aromatic heterocycles. The highest BCUT2D eigenvalue weighted by molar-refractivity contribution is 7.99. The van der Waals surface area contributed by atoms with Crippen LogP contribution in [0.5, 0.6) is 5.75 Å². The summed E-state index contributed by atoms with van der Waals surface area (Å²) in [6, 6.07) is 11.0. The van der Waals surface area contributed by atoms with Gasteiger partial charge in [0.05, 0.1) is 11.7 Å². The summed E-state index contributed by atoms with van der Waals surface area (Å²) in [6.07, 6.45) is 1.41. The second-order valence-electron chi connectivity index (χ2n) is 7.82. The van der Waals surface area contributed by atoms with Crippen LogP contribution in [-0.4, -0.2) is 38.3 Å². The fourth-order valence-corrected chi connectivity index (χ4v) is 4.32. The molecule has 0 aliphatic heterocycles. The molecule has 2 aromatic carbocycles. The maximum absolute atomic E-state index is 14.3. The highest BCUT2D eigenvalue weighted by atomic mass is 32.2. The number of hydrogen-bond donors (Lipinski definition) is 1. The van der Waals surface area contributed by atoms with E-state index in [1.165, 1.54) is 17.8 Å². The molecule has 1 saturated carbocycles. The van der Waals surface area contributed by atoms with Gasteiger partial charge in [-0.3, -0.25) is 4.57 Å². The number of hydrogen-bond acceptors (Lipinski definition) is 5. The molecule has 1 heterocycles. The van der Waals surface area contributed by atoms with Crippen LogP contribution in [0.1, 0.15) is 35.6 Å². The van der Waals surface area contributed by atoms with E-state index in [1.54, 1.807) is 18.2 Å². The van der Waals surface area contributed by atoms with Gasteiger partial charge in [0.15, 0.2) is 11.0 Å².